The zero-order chi connectivity index (χ0) is 16.1. The largest absolute Gasteiger partial charge is 0.376 e. The van der Waals surface area contributed by atoms with Crippen molar-refractivity contribution in [2.45, 2.75) is 23.7 Å². The quantitative estimate of drug-likeness (QED) is 0.588. The van der Waals surface area contributed by atoms with Gasteiger partial charge in [-0.25, -0.2) is 0 Å². The molecule has 0 bridgehead atoms. The molecule has 2 aromatic carbocycles. The third-order valence-electron chi connectivity index (χ3n) is 3.47. The Kier molecular flexibility index (Phi) is 5.98. The first-order valence-corrected chi connectivity index (χ1v) is 9.23. The summed E-state index contributed by atoms with van der Waals surface area (Å²) in [6, 6.07) is 19.3. The lowest BCUT2D eigenvalue weighted by molar-refractivity contribution is 0.158. The van der Waals surface area contributed by atoms with Gasteiger partial charge in [-0.3, -0.25) is 0 Å². The zero-order valence-electron chi connectivity index (χ0n) is 12.9. The SMILES string of the molecule is CC(O)(SCCSC(C)(O)c1ccccc1)c1ccccc1. The van der Waals surface area contributed by atoms with Crippen LogP contribution in [0.3, 0.4) is 0 Å². The zero-order valence-corrected chi connectivity index (χ0v) is 14.5. The second-order valence-electron chi connectivity index (χ2n) is 5.39. The summed E-state index contributed by atoms with van der Waals surface area (Å²) in [7, 11) is 0. The van der Waals surface area contributed by atoms with Crippen molar-refractivity contribution >= 4 is 23.5 Å². The van der Waals surface area contributed by atoms with E-state index in [-0.39, 0.29) is 0 Å². The molecule has 0 saturated carbocycles. The molecule has 0 aliphatic carbocycles. The Morgan fingerprint density at radius 1 is 0.682 bits per heavy atom. The average Bonchev–Trinajstić information content (AvgIpc) is 2.53. The van der Waals surface area contributed by atoms with Crippen molar-refractivity contribution in [1.82, 2.24) is 0 Å². The molecule has 0 aliphatic rings. The Hall–Kier alpha value is -0.940. The molecule has 0 radical (unpaired) electrons. The summed E-state index contributed by atoms with van der Waals surface area (Å²) < 4.78 is 0. The summed E-state index contributed by atoms with van der Waals surface area (Å²) >= 11 is 2.98. The molecule has 0 fully saturated rings. The molecule has 4 heteroatoms. The number of rotatable bonds is 7. The van der Waals surface area contributed by atoms with Gasteiger partial charge in [0, 0.05) is 11.5 Å². The van der Waals surface area contributed by atoms with E-state index >= 15 is 0 Å². The topological polar surface area (TPSA) is 40.5 Å². The van der Waals surface area contributed by atoms with Crippen molar-refractivity contribution in [1.29, 1.82) is 0 Å². The summed E-state index contributed by atoms with van der Waals surface area (Å²) in [5.41, 5.74) is 1.81. The molecular formula is C18H22O2S2. The average molecular weight is 335 g/mol. The van der Waals surface area contributed by atoms with E-state index in [4.69, 9.17) is 0 Å². The van der Waals surface area contributed by atoms with Crippen molar-refractivity contribution in [3.8, 4) is 0 Å². The van der Waals surface area contributed by atoms with Crippen LogP contribution in [0.2, 0.25) is 0 Å². The Morgan fingerprint density at radius 3 is 1.32 bits per heavy atom. The second-order valence-corrected chi connectivity index (χ2v) is 8.38. The van der Waals surface area contributed by atoms with Gasteiger partial charge in [-0.05, 0) is 25.0 Å². The number of thioether (sulfide) groups is 2. The second kappa shape index (κ2) is 7.55. The lowest BCUT2D eigenvalue weighted by atomic mass is 10.1. The normalized spacial score (nSPS) is 16.7. The van der Waals surface area contributed by atoms with E-state index in [1.165, 1.54) is 23.5 Å². The van der Waals surface area contributed by atoms with E-state index in [0.717, 1.165) is 22.6 Å². The molecule has 2 unspecified atom stereocenters. The molecule has 118 valence electrons. The third-order valence-corrected chi connectivity index (χ3v) is 6.14. The van der Waals surface area contributed by atoms with Crippen molar-refractivity contribution in [3.05, 3.63) is 71.8 Å². The molecule has 22 heavy (non-hydrogen) atoms. The summed E-state index contributed by atoms with van der Waals surface area (Å²) in [6.45, 7) is 3.63. The monoisotopic (exact) mass is 334 g/mol. The standard InChI is InChI=1S/C18H22O2S2/c1-17(19,15-9-5-3-6-10-15)21-13-14-22-18(2,20)16-11-7-4-8-12-16/h3-12,19-20H,13-14H2,1-2H3. The minimum Gasteiger partial charge on any atom is -0.376 e. The molecule has 2 rings (SSSR count). The Morgan fingerprint density at radius 2 is 1.00 bits per heavy atom. The number of hydrogen-bond donors (Lipinski definition) is 2. The van der Waals surface area contributed by atoms with Crippen LogP contribution < -0.4 is 0 Å². The van der Waals surface area contributed by atoms with Crippen LogP contribution in [0.25, 0.3) is 0 Å². The summed E-state index contributed by atoms with van der Waals surface area (Å²) in [5.74, 6) is 1.52. The van der Waals surface area contributed by atoms with Crippen LogP contribution in [-0.2, 0) is 9.87 Å². The lowest BCUT2D eigenvalue weighted by Gasteiger charge is -2.26. The van der Waals surface area contributed by atoms with Gasteiger partial charge >= 0.3 is 0 Å². The van der Waals surface area contributed by atoms with Gasteiger partial charge in [0.1, 0.15) is 9.87 Å². The van der Waals surface area contributed by atoms with Gasteiger partial charge in [-0.15, -0.1) is 23.5 Å². The molecule has 0 aromatic heterocycles. The van der Waals surface area contributed by atoms with Crippen molar-refractivity contribution in [2.24, 2.45) is 0 Å². The maximum absolute atomic E-state index is 10.5. The Labute approximate surface area is 141 Å². The first-order valence-electron chi connectivity index (χ1n) is 7.25. The highest BCUT2D eigenvalue weighted by molar-refractivity contribution is 8.03. The maximum Gasteiger partial charge on any atom is 0.133 e. The molecule has 0 aliphatic heterocycles. The van der Waals surface area contributed by atoms with Gasteiger partial charge in [-0.1, -0.05) is 60.7 Å². The smallest absolute Gasteiger partial charge is 0.133 e. The first-order chi connectivity index (χ1) is 10.4. The van der Waals surface area contributed by atoms with Crippen molar-refractivity contribution < 1.29 is 10.2 Å². The van der Waals surface area contributed by atoms with Crippen LogP contribution in [0, 0.1) is 0 Å². The molecule has 0 amide bonds. The highest BCUT2D eigenvalue weighted by atomic mass is 32.2. The molecule has 2 nitrogen and oxygen atoms in total. The van der Waals surface area contributed by atoms with E-state index in [2.05, 4.69) is 0 Å². The fourth-order valence-corrected chi connectivity index (χ4v) is 4.21. The van der Waals surface area contributed by atoms with Crippen LogP contribution >= 0.6 is 23.5 Å². The van der Waals surface area contributed by atoms with Crippen LogP contribution in [0.15, 0.2) is 60.7 Å². The molecule has 2 aromatic rings. The molecule has 0 saturated heterocycles. The highest BCUT2D eigenvalue weighted by Gasteiger charge is 2.26. The Balaban J connectivity index is 1.84. The van der Waals surface area contributed by atoms with Gasteiger partial charge < -0.3 is 10.2 Å². The fraction of sp³-hybridized carbons (Fsp3) is 0.333. The van der Waals surface area contributed by atoms with Gasteiger partial charge in [0.15, 0.2) is 0 Å². The predicted molar refractivity (Wildman–Crippen MR) is 96.9 cm³/mol. The number of aliphatic hydroxyl groups is 2. The number of hydrogen-bond acceptors (Lipinski definition) is 4. The van der Waals surface area contributed by atoms with E-state index < -0.39 is 9.87 Å². The van der Waals surface area contributed by atoms with E-state index in [1.54, 1.807) is 0 Å². The fourth-order valence-electron chi connectivity index (χ4n) is 2.14. The lowest BCUT2D eigenvalue weighted by Crippen LogP contribution is -2.19. The summed E-state index contributed by atoms with van der Waals surface area (Å²) in [5, 5.41) is 21.0. The van der Waals surface area contributed by atoms with Gasteiger partial charge in [-0.2, -0.15) is 0 Å². The van der Waals surface area contributed by atoms with E-state index in [9.17, 15) is 10.2 Å². The van der Waals surface area contributed by atoms with Crippen molar-refractivity contribution in [3.63, 3.8) is 0 Å². The molecule has 0 spiro atoms. The maximum atomic E-state index is 10.5. The summed E-state index contributed by atoms with van der Waals surface area (Å²) in [4.78, 5) is -1.80. The van der Waals surface area contributed by atoms with Crippen LogP contribution in [0.5, 0.6) is 0 Å². The summed E-state index contributed by atoms with van der Waals surface area (Å²) in [6.07, 6.45) is 0. The van der Waals surface area contributed by atoms with Crippen LogP contribution in [0.1, 0.15) is 25.0 Å². The van der Waals surface area contributed by atoms with E-state index in [0.29, 0.717) is 0 Å². The predicted octanol–water partition coefficient (Wildman–Crippen LogP) is 4.18. The van der Waals surface area contributed by atoms with Crippen molar-refractivity contribution in [2.75, 3.05) is 11.5 Å². The van der Waals surface area contributed by atoms with Gasteiger partial charge in [0.05, 0.1) is 0 Å². The number of benzene rings is 2. The molecular weight excluding hydrogens is 312 g/mol. The molecule has 2 N–H and O–H groups in total. The third kappa shape index (κ3) is 4.78. The minimum atomic E-state index is -0.902. The first kappa shape index (κ1) is 17.4. The van der Waals surface area contributed by atoms with Gasteiger partial charge in [0.2, 0.25) is 0 Å². The van der Waals surface area contributed by atoms with Crippen LogP contribution in [0.4, 0.5) is 0 Å². The van der Waals surface area contributed by atoms with E-state index in [1.807, 2.05) is 74.5 Å². The Bertz CT molecular complexity index is 515. The van der Waals surface area contributed by atoms with Gasteiger partial charge in [0.25, 0.3) is 0 Å². The highest BCUT2D eigenvalue weighted by Crippen LogP contribution is 2.37. The molecule has 0 heterocycles. The van der Waals surface area contributed by atoms with Crippen LogP contribution in [-0.4, -0.2) is 21.7 Å². The molecule has 2 atom stereocenters. The minimum absolute atomic E-state index is 0.759.